The number of imidazole rings is 1. The Balaban J connectivity index is 1.91. The van der Waals surface area contributed by atoms with Crippen LogP contribution in [0.4, 0.5) is 4.39 Å². The number of fused-ring (bicyclic) bond motifs is 1. The molecule has 1 saturated carbocycles. The molecule has 1 amide bonds. The summed E-state index contributed by atoms with van der Waals surface area (Å²) in [6, 6.07) is 2.49. The van der Waals surface area contributed by atoms with Gasteiger partial charge in [0.25, 0.3) is 5.91 Å². The number of carbonyl (C=O) groups excluding carboxylic acids is 1. The van der Waals surface area contributed by atoms with Crippen molar-refractivity contribution in [3.05, 3.63) is 28.3 Å². The lowest BCUT2D eigenvalue weighted by atomic mass is 10.1. The molecule has 3 rings (SSSR count). The molecule has 5 nitrogen and oxygen atoms in total. The van der Waals surface area contributed by atoms with Gasteiger partial charge in [-0.3, -0.25) is 4.79 Å². The average molecular weight is 309 g/mol. The van der Waals surface area contributed by atoms with Crippen molar-refractivity contribution in [3.8, 4) is 0 Å². The average Bonchev–Trinajstić information content (AvgIpc) is 3.19. The third-order valence-corrected chi connectivity index (χ3v) is 3.89. The van der Waals surface area contributed by atoms with E-state index in [1.165, 1.54) is 12.1 Å². The van der Waals surface area contributed by atoms with E-state index >= 15 is 0 Å². The molecule has 1 aliphatic rings. The summed E-state index contributed by atoms with van der Waals surface area (Å²) in [5, 5.41) is 2.93. The second-order valence-corrected chi connectivity index (χ2v) is 5.74. The van der Waals surface area contributed by atoms with Gasteiger partial charge in [-0.05, 0) is 43.1 Å². The lowest BCUT2D eigenvalue weighted by Crippen LogP contribution is -2.39. The number of nitrogens with one attached hydrogen (secondary N) is 3. The van der Waals surface area contributed by atoms with Crippen molar-refractivity contribution in [1.29, 1.82) is 0 Å². The number of benzene rings is 1. The second kappa shape index (κ2) is 5.57. The first-order chi connectivity index (χ1) is 10.1. The number of hydrogen-bond acceptors (Lipinski definition) is 3. The molecule has 21 heavy (non-hydrogen) atoms. The molecule has 0 bridgehead atoms. The van der Waals surface area contributed by atoms with Gasteiger partial charge in [0.1, 0.15) is 5.82 Å². The highest BCUT2D eigenvalue weighted by Gasteiger charge is 2.32. The summed E-state index contributed by atoms with van der Waals surface area (Å²) in [6.45, 7) is 0.456. The van der Waals surface area contributed by atoms with E-state index in [-0.39, 0.29) is 17.5 Å². The van der Waals surface area contributed by atoms with Crippen LogP contribution in [-0.4, -0.2) is 35.6 Å². The maximum absolute atomic E-state index is 13.7. The first-order valence-corrected chi connectivity index (χ1v) is 7.20. The lowest BCUT2D eigenvalue weighted by molar-refractivity contribution is 0.0885. The number of halogens is 1. The van der Waals surface area contributed by atoms with E-state index < -0.39 is 5.82 Å². The second-order valence-electron chi connectivity index (χ2n) is 5.33. The molecule has 1 atom stereocenters. The zero-order chi connectivity index (χ0) is 15.0. The highest BCUT2D eigenvalue weighted by molar-refractivity contribution is 7.71. The normalized spacial score (nSPS) is 16.1. The third kappa shape index (κ3) is 2.98. The van der Waals surface area contributed by atoms with Crippen LogP contribution in [0, 0.1) is 16.5 Å². The molecule has 1 heterocycles. The topological polar surface area (TPSA) is 69.9 Å². The van der Waals surface area contributed by atoms with Gasteiger partial charge in [0.2, 0.25) is 0 Å². The Kier molecular flexibility index (Phi) is 3.77. The van der Waals surface area contributed by atoms with E-state index in [0.29, 0.717) is 28.3 Å². The number of aromatic amines is 2. The molecule has 0 spiro atoms. The van der Waals surface area contributed by atoms with Crippen LogP contribution in [0.5, 0.6) is 0 Å². The van der Waals surface area contributed by atoms with Gasteiger partial charge in [0, 0.05) is 7.11 Å². The van der Waals surface area contributed by atoms with Gasteiger partial charge in [-0.2, -0.15) is 0 Å². The first-order valence-electron chi connectivity index (χ1n) is 6.80. The summed E-state index contributed by atoms with van der Waals surface area (Å²) in [7, 11) is 1.60. The van der Waals surface area contributed by atoms with Gasteiger partial charge in [-0.1, -0.05) is 0 Å². The Hall–Kier alpha value is -1.73. The molecule has 2 aromatic rings. The number of methoxy groups -OCH3 is 1. The zero-order valence-electron chi connectivity index (χ0n) is 11.5. The van der Waals surface area contributed by atoms with Crippen LogP contribution in [-0.2, 0) is 4.74 Å². The third-order valence-electron chi connectivity index (χ3n) is 3.69. The fraction of sp³-hybridized carbons (Fsp3) is 0.429. The van der Waals surface area contributed by atoms with Gasteiger partial charge in [0.05, 0.1) is 29.2 Å². The zero-order valence-corrected chi connectivity index (χ0v) is 12.3. The Labute approximate surface area is 125 Å². The van der Waals surface area contributed by atoms with Crippen LogP contribution >= 0.6 is 12.2 Å². The summed E-state index contributed by atoms with van der Waals surface area (Å²) in [6.07, 6.45) is 2.17. The van der Waals surface area contributed by atoms with Crippen LogP contribution < -0.4 is 5.32 Å². The smallest absolute Gasteiger partial charge is 0.253 e. The Morgan fingerprint density at radius 3 is 2.95 bits per heavy atom. The van der Waals surface area contributed by atoms with Gasteiger partial charge < -0.3 is 20.0 Å². The van der Waals surface area contributed by atoms with Crippen LogP contribution in [0.3, 0.4) is 0 Å². The van der Waals surface area contributed by atoms with Crippen molar-refractivity contribution in [3.63, 3.8) is 0 Å². The molecule has 3 N–H and O–H groups in total. The van der Waals surface area contributed by atoms with Gasteiger partial charge >= 0.3 is 0 Å². The maximum Gasteiger partial charge on any atom is 0.253 e. The van der Waals surface area contributed by atoms with E-state index in [1.807, 2.05) is 0 Å². The Bertz CT molecular complexity index is 735. The number of H-pyrrole nitrogens is 2. The molecule has 0 radical (unpaired) electrons. The van der Waals surface area contributed by atoms with Crippen LogP contribution in [0.25, 0.3) is 11.0 Å². The number of hydrogen-bond donors (Lipinski definition) is 3. The van der Waals surface area contributed by atoms with Crippen molar-refractivity contribution in [2.45, 2.75) is 18.9 Å². The summed E-state index contributed by atoms with van der Waals surface area (Å²) >= 11 is 5.00. The van der Waals surface area contributed by atoms with E-state index in [0.717, 1.165) is 12.8 Å². The van der Waals surface area contributed by atoms with Crippen molar-refractivity contribution < 1.29 is 13.9 Å². The quantitative estimate of drug-likeness (QED) is 0.743. The van der Waals surface area contributed by atoms with Crippen molar-refractivity contribution >= 4 is 29.2 Å². The SMILES string of the molecule is COCC(NC(=O)c1cc(F)cc2[nH]c(=S)[nH]c12)C1CC1. The molecule has 1 fully saturated rings. The van der Waals surface area contributed by atoms with E-state index in [9.17, 15) is 9.18 Å². The summed E-state index contributed by atoms with van der Waals surface area (Å²) < 4.78 is 19.1. The number of rotatable bonds is 5. The standard InChI is InChI=1S/C14H16FN3O2S/c1-20-6-11(7-2-3-7)16-13(19)9-4-8(15)5-10-12(9)18-14(21)17-10/h4-5,7,11H,2-3,6H2,1H3,(H,16,19)(H2,17,18,21). The minimum absolute atomic E-state index is 0.0391. The molecule has 1 aliphatic carbocycles. The molecule has 7 heteroatoms. The number of aromatic nitrogens is 2. The van der Waals surface area contributed by atoms with E-state index in [1.54, 1.807) is 7.11 Å². The molecule has 0 aliphatic heterocycles. The fourth-order valence-corrected chi connectivity index (χ4v) is 2.72. The van der Waals surface area contributed by atoms with Crippen LogP contribution in [0.15, 0.2) is 12.1 Å². The molecular weight excluding hydrogens is 293 g/mol. The van der Waals surface area contributed by atoms with Crippen LogP contribution in [0.2, 0.25) is 0 Å². The van der Waals surface area contributed by atoms with Gasteiger partial charge in [-0.15, -0.1) is 0 Å². The molecule has 1 aromatic carbocycles. The highest BCUT2D eigenvalue weighted by atomic mass is 32.1. The molecule has 112 valence electrons. The van der Waals surface area contributed by atoms with Gasteiger partial charge in [-0.25, -0.2) is 4.39 Å². The molecule has 0 saturated heterocycles. The van der Waals surface area contributed by atoms with Crippen molar-refractivity contribution in [2.75, 3.05) is 13.7 Å². The first kappa shape index (κ1) is 14.2. The Morgan fingerprint density at radius 2 is 2.29 bits per heavy atom. The monoisotopic (exact) mass is 309 g/mol. The predicted octanol–water partition coefficient (Wildman–Crippen LogP) is 2.52. The van der Waals surface area contributed by atoms with Crippen molar-refractivity contribution in [1.82, 2.24) is 15.3 Å². The van der Waals surface area contributed by atoms with Crippen molar-refractivity contribution in [2.24, 2.45) is 5.92 Å². The maximum atomic E-state index is 13.7. The number of amides is 1. The molecule has 1 aromatic heterocycles. The lowest BCUT2D eigenvalue weighted by Gasteiger charge is -2.17. The predicted molar refractivity (Wildman–Crippen MR) is 79.3 cm³/mol. The summed E-state index contributed by atoms with van der Waals surface area (Å²) in [4.78, 5) is 18.1. The minimum Gasteiger partial charge on any atom is -0.383 e. The molecule has 1 unspecified atom stereocenters. The fourth-order valence-electron chi connectivity index (χ4n) is 2.51. The number of ether oxygens (including phenoxy) is 1. The summed E-state index contributed by atoms with van der Waals surface area (Å²) in [5.41, 5.74) is 1.25. The number of carbonyl (C=O) groups is 1. The minimum atomic E-state index is -0.479. The Morgan fingerprint density at radius 1 is 1.52 bits per heavy atom. The molecular formula is C14H16FN3O2S. The van der Waals surface area contributed by atoms with E-state index in [2.05, 4.69) is 15.3 Å². The largest absolute Gasteiger partial charge is 0.383 e. The van der Waals surface area contributed by atoms with Gasteiger partial charge in [0.15, 0.2) is 4.77 Å². The summed E-state index contributed by atoms with van der Waals surface area (Å²) in [5.74, 6) is -0.353. The van der Waals surface area contributed by atoms with E-state index in [4.69, 9.17) is 17.0 Å². The van der Waals surface area contributed by atoms with Crippen LogP contribution in [0.1, 0.15) is 23.2 Å². The highest BCUT2D eigenvalue weighted by Crippen LogP contribution is 2.33.